The largest absolute Gasteiger partial charge is 0.479 e. The average molecular weight is 517 g/mol. The van der Waals surface area contributed by atoms with E-state index in [0.717, 1.165) is 0 Å². The third-order valence-corrected chi connectivity index (χ3v) is 6.44. The van der Waals surface area contributed by atoms with Crippen LogP contribution in [0.1, 0.15) is 12.0 Å². The highest BCUT2D eigenvalue weighted by Gasteiger charge is 2.37. The molecule has 2 aromatic heterocycles. The molecule has 0 N–H and O–H groups in total. The molecule has 0 aliphatic carbocycles. The molecule has 2 amide bonds. The SMILES string of the molecule is CN(C)C(=O)C1CN(c2ncc(N3CC[C@@H](Oc4ccc(Oc5ccc(F)cc5)nc4)C3=O)cc2C#N)C1. The molecule has 4 heterocycles. The van der Waals surface area contributed by atoms with Crippen molar-refractivity contribution >= 4 is 23.3 Å². The van der Waals surface area contributed by atoms with Crippen molar-refractivity contribution in [1.82, 2.24) is 14.9 Å². The number of benzene rings is 1. The van der Waals surface area contributed by atoms with E-state index in [1.54, 1.807) is 48.3 Å². The Hall–Kier alpha value is -4.72. The Morgan fingerprint density at radius 3 is 2.50 bits per heavy atom. The van der Waals surface area contributed by atoms with Crippen LogP contribution >= 0.6 is 0 Å². The van der Waals surface area contributed by atoms with Gasteiger partial charge < -0.3 is 24.2 Å². The normalized spacial score (nSPS) is 17.1. The second-order valence-electron chi connectivity index (χ2n) is 9.28. The molecule has 1 atom stereocenters. The van der Waals surface area contributed by atoms with Crippen LogP contribution in [0.3, 0.4) is 0 Å². The van der Waals surface area contributed by atoms with Crippen LogP contribution in [0.2, 0.25) is 0 Å². The summed E-state index contributed by atoms with van der Waals surface area (Å²) in [6, 6.07) is 12.6. The molecule has 0 unspecified atom stereocenters. The Morgan fingerprint density at radius 1 is 1.11 bits per heavy atom. The first-order valence-electron chi connectivity index (χ1n) is 12.1. The summed E-state index contributed by atoms with van der Waals surface area (Å²) in [5.74, 6) is 0.997. The first kappa shape index (κ1) is 25.0. The van der Waals surface area contributed by atoms with Gasteiger partial charge >= 0.3 is 0 Å². The van der Waals surface area contributed by atoms with E-state index in [1.165, 1.54) is 30.5 Å². The number of hydrogen-bond acceptors (Lipinski definition) is 8. The molecule has 2 aliphatic heterocycles. The van der Waals surface area contributed by atoms with Crippen molar-refractivity contribution in [3.05, 3.63) is 66.2 Å². The lowest BCUT2D eigenvalue weighted by Crippen LogP contribution is -2.54. The minimum Gasteiger partial charge on any atom is -0.479 e. The molecular weight excluding hydrogens is 491 g/mol. The summed E-state index contributed by atoms with van der Waals surface area (Å²) in [4.78, 5) is 38.8. The van der Waals surface area contributed by atoms with E-state index < -0.39 is 6.10 Å². The number of pyridine rings is 2. The van der Waals surface area contributed by atoms with E-state index in [4.69, 9.17) is 9.47 Å². The van der Waals surface area contributed by atoms with E-state index in [0.29, 0.717) is 60.5 Å². The first-order valence-corrected chi connectivity index (χ1v) is 12.1. The topological polar surface area (TPSA) is 112 Å². The average Bonchev–Trinajstić information content (AvgIpc) is 3.25. The molecule has 0 saturated carbocycles. The van der Waals surface area contributed by atoms with Gasteiger partial charge in [-0.05, 0) is 36.4 Å². The Kier molecular flexibility index (Phi) is 6.79. The Morgan fingerprint density at radius 2 is 1.84 bits per heavy atom. The van der Waals surface area contributed by atoms with Gasteiger partial charge in [0.15, 0.2) is 6.10 Å². The van der Waals surface area contributed by atoms with Crippen LogP contribution in [0.15, 0.2) is 54.9 Å². The Bertz CT molecular complexity index is 1380. The highest BCUT2D eigenvalue weighted by molar-refractivity contribution is 5.99. The second kappa shape index (κ2) is 10.3. The van der Waals surface area contributed by atoms with Crippen LogP contribution < -0.4 is 19.3 Å². The Balaban J connectivity index is 1.20. The van der Waals surface area contributed by atoms with Crippen molar-refractivity contribution in [2.75, 3.05) is 43.5 Å². The lowest BCUT2D eigenvalue weighted by Gasteiger charge is -2.40. The van der Waals surface area contributed by atoms with Crippen LogP contribution in [0, 0.1) is 23.1 Å². The van der Waals surface area contributed by atoms with Crippen molar-refractivity contribution in [2.45, 2.75) is 12.5 Å². The smallest absolute Gasteiger partial charge is 0.268 e. The summed E-state index contributed by atoms with van der Waals surface area (Å²) in [7, 11) is 3.44. The predicted molar refractivity (Wildman–Crippen MR) is 135 cm³/mol. The monoisotopic (exact) mass is 516 g/mol. The van der Waals surface area contributed by atoms with Crippen LogP contribution in [0.4, 0.5) is 15.9 Å². The summed E-state index contributed by atoms with van der Waals surface area (Å²) in [6.07, 6.45) is 2.77. The van der Waals surface area contributed by atoms with Gasteiger partial charge in [0, 0.05) is 46.2 Å². The standard InChI is InChI=1S/C27H25FN6O4/c1-32(2)26(35)18-15-33(16-18)25-17(12-29)11-20(13-31-25)34-10-9-23(27(34)36)37-22-7-8-24(30-14-22)38-21-5-3-19(28)4-6-21/h3-8,11,13-14,18,23H,9-10,15-16H2,1-2H3/t23-/m1/s1. The fourth-order valence-electron chi connectivity index (χ4n) is 4.41. The second-order valence-corrected chi connectivity index (χ2v) is 9.28. The van der Waals surface area contributed by atoms with Crippen LogP contribution in [0.5, 0.6) is 17.4 Å². The molecule has 1 aromatic carbocycles. The van der Waals surface area contributed by atoms with E-state index in [1.807, 2.05) is 4.90 Å². The lowest BCUT2D eigenvalue weighted by molar-refractivity contribution is -0.133. The zero-order valence-electron chi connectivity index (χ0n) is 20.9. The number of anilines is 2. The molecule has 3 aromatic rings. The molecular formula is C27H25FN6O4. The molecule has 11 heteroatoms. The van der Waals surface area contributed by atoms with Gasteiger partial charge in [0.25, 0.3) is 5.91 Å². The third kappa shape index (κ3) is 5.06. The summed E-state index contributed by atoms with van der Waals surface area (Å²) >= 11 is 0. The fraction of sp³-hybridized carbons (Fsp3) is 0.296. The molecule has 2 fully saturated rings. The summed E-state index contributed by atoms with van der Waals surface area (Å²) in [6.45, 7) is 1.41. The number of halogens is 1. The van der Waals surface area contributed by atoms with Gasteiger partial charge in [-0.15, -0.1) is 0 Å². The predicted octanol–water partition coefficient (Wildman–Crippen LogP) is 2.99. The number of ether oxygens (including phenoxy) is 2. The van der Waals surface area contributed by atoms with Gasteiger partial charge in [-0.25, -0.2) is 14.4 Å². The molecule has 10 nitrogen and oxygen atoms in total. The van der Waals surface area contributed by atoms with Crippen molar-refractivity contribution in [3.8, 4) is 23.4 Å². The quantitative estimate of drug-likeness (QED) is 0.471. The number of nitriles is 1. The fourth-order valence-corrected chi connectivity index (χ4v) is 4.41. The number of carbonyl (C=O) groups excluding carboxylic acids is 2. The van der Waals surface area contributed by atoms with Crippen LogP contribution in [0.25, 0.3) is 0 Å². The van der Waals surface area contributed by atoms with E-state index in [9.17, 15) is 19.2 Å². The van der Waals surface area contributed by atoms with Gasteiger partial charge in [-0.1, -0.05) is 0 Å². The first-order chi connectivity index (χ1) is 18.3. The van der Waals surface area contributed by atoms with Gasteiger partial charge in [0.2, 0.25) is 11.8 Å². The third-order valence-electron chi connectivity index (χ3n) is 6.44. The van der Waals surface area contributed by atoms with E-state index in [2.05, 4.69) is 16.0 Å². The maximum absolute atomic E-state index is 13.1. The maximum Gasteiger partial charge on any atom is 0.268 e. The minimum atomic E-state index is -0.709. The van der Waals surface area contributed by atoms with Gasteiger partial charge in [0.05, 0.1) is 29.6 Å². The maximum atomic E-state index is 13.1. The number of carbonyl (C=O) groups is 2. The van der Waals surface area contributed by atoms with Gasteiger partial charge in [-0.2, -0.15) is 5.26 Å². The lowest BCUT2D eigenvalue weighted by atomic mass is 9.98. The van der Waals surface area contributed by atoms with E-state index in [-0.39, 0.29) is 23.5 Å². The summed E-state index contributed by atoms with van der Waals surface area (Å²) < 4.78 is 24.5. The zero-order valence-corrected chi connectivity index (χ0v) is 20.9. The van der Waals surface area contributed by atoms with Crippen molar-refractivity contribution < 1.29 is 23.5 Å². The van der Waals surface area contributed by atoms with Crippen molar-refractivity contribution in [3.63, 3.8) is 0 Å². The van der Waals surface area contributed by atoms with Crippen LogP contribution in [-0.2, 0) is 9.59 Å². The highest BCUT2D eigenvalue weighted by Crippen LogP contribution is 2.31. The number of nitrogens with zero attached hydrogens (tertiary/aromatic N) is 6. The van der Waals surface area contributed by atoms with Crippen LogP contribution in [-0.4, -0.2) is 66.5 Å². The van der Waals surface area contributed by atoms with Gasteiger partial charge in [-0.3, -0.25) is 9.59 Å². The zero-order chi connectivity index (χ0) is 26.8. The summed E-state index contributed by atoms with van der Waals surface area (Å²) in [5.41, 5.74) is 0.861. The minimum absolute atomic E-state index is 0.0512. The molecule has 2 aliphatic rings. The Labute approximate surface area is 218 Å². The van der Waals surface area contributed by atoms with Gasteiger partial charge in [0.1, 0.15) is 29.2 Å². The van der Waals surface area contributed by atoms with Crippen molar-refractivity contribution in [2.24, 2.45) is 5.92 Å². The number of hydrogen-bond donors (Lipinski definition) is 0. The highest BCUT2D eigenvalue weighted by atomic mass is 19.1. The number of amides is 2. The molecule has 2 saturated heterocycles. The summed E-state index contributed by atoms with van der Waals surface area (Å²) in [5, 5.41) is 9.70. The molecule has 38 heavy (non-hydrogen) atoms. The van der Waals surface area contributed by atoms with Crippen molar-refractivity contribution in [1.29, 1.82) is 5.26 Å². The molecule has 194 valence electrons. The molecule has 0 radical (unpaired) electrons. The number of rotatable bonds is 7. The molecule has 0 spiro atoms. The van der Waals surface area contributed by atoms with E-state index >= 15 is 0 Å². The number of aromatic nitrogens is 2. The molecule has 0 bridgehead atoms. The molecule has 5 rings (SSSR count).